The minimum Gasteiger partial charge on any atom is -0.320 e. The summed E-state index contributed by atoms with van der Waals surface area (Å²) in [6.45, 7) is 1.42. The van der Waals surface area contributed by atoms with E-state index >= 15 is 0 Å². The number of nitrogens with one attached hydrogen (secondary N) is 2. The highest BCUT2D eigenvalue weighted by atomic mass is 16.2. The zero-order chi connectivity index (χ0) is 17.1. The second kappa shape index (κ2) is 6.57. The van der Waals surface area contributed by atoms with Crippen LogP contribution in [-0.2, 0) is 4.79 Å². The fraction of sp³-hybridized carbons (Fsp3) is 0.235. The number of ketones is 1. The van der Waals surface area contributed by atoms with Crippen LogP contribution in [0.2, 0.25) is 0 Å². The molecule has 7 nitrogen and oxygen atoms in total. The van der Waals surface area contributed by atoms with Gasteiger partial charge in [0.25, 0.3) is 5.91 Å². The molecule has 2 N–H and O–H groups in total. The summed E-state index contributed by atoms with van der Waals surface area (Å²) in [5, 5.41) is 5.36. The van der Waals surface area contributed by atoms with Crippen LogP contribution in [0.25, 0.3) is 0 Å². The lowest BCUT2D eigenvalue weighted by Crippen LogP contribution is -2.17. The largest absolute Gasteiger partial charge is 0.320 e. The van der Waals surface area contributed by atoms with Crippen molar-refractivity contribution in [2.24, 2.45) is 5.92 Å². The van der Waals surface area contributed by atoms with Crippen LogP contribution in [0.1, 0.15) is 40.5 Å². The summed E-state index contributed by atoms with van der Waals surface area (Å²) in [7, 11) is 0. The van der Waals surface area contributed by atoms with E-state index in [1.165, 1.54) is 37.6 Å². The molecule has 3 rings (SSSR count). The van der Waals surface area contributed by atoms with Gasteiger partial charge in [-0.2, -0.15) is 0 Å². The molecule has 2 aromatic rings. The lowest BCUT2D eigenvalue weighted by molar-refractivity contribution is -0.117. The summed E-state index contributed by atoms with van der Waals surface area (Å²) >= 11 is 0. The SMILES string of the molecule is CC(=O)c1ccncc1NC(=O)c1ccnc(NC(=O)C2CC2)c1. The highest BCUT2D eigenvalue weighted by Crippen LogP contribution is 2.30. The fourth-order valence-electron chi connectivity index (χ4n) is 2.21. The van der Waals surface area contributed by atoms with Gasteiger partial charge < -0.3 is 10.6 Å². The predicted octanol–water partition coefficient (Wildman–Crippen LogP) is 2.28. The van der Waals surface area contributed by atoms with E-state index in [0.29, 0.717) is 22.6 Å². The lowest BCUT2D eigenvalue weighted by atomic mass is 10.1. The molecule has 0 bridgehead atoms. The number of pyridine rings is 2. The third-order valence-corrected chi connectivity index (χ3v) is 3.67. The van der Waals surface area contributed by atoms with Crippen LogP contribution in [0, 0.1) is 5.92 Å². The number of aromatic nitrogens is 2. The molecule has 0 unspecified atom stereocenters. The Hall–Kier alpha value is -3.09. The number of rotatable bonds is 5. The van der Waals surface area contributed by atoms with E-state index in [1.54, 1.807) is 6.07 Å². The number of carbonyl (C=O) groups is 3. The summed E-state index contributed by atoms with van der Waals surface area (Å²) in [6.07, 6.45) is 6.14. The molecule has 0 radical (unpaired) electrons. The van der Waals surface area contributed by atoms with Crippen molar-refractivity contribution < 1.29 is 14.4 Å². The van der Waals surface area contributed by atoms with Gasteiger partial charge in [0.2, 0.25) is 5.91 Å². The molecule has 24 heavy (non-hydrogen) atoms. The highest BCUT2D eigenvalue weighted by molar-refractivity contribution is 6.09. The Bertz CT molecular complexity index is 815. The molecule has 122 valence electrons. The smallest absolute Gasteiger partial charge is 0.255 e. The average molecular weight is 324 g/mol. The van der Waals surface area contributed by atoms with Gasteiger partial charge in [-0.3, -0.25) is 19.4 Å². The van der Waals surface area contributed by atoms with Crippen LogP contribution in [0.5, 0.6) is 0 Å². The molecular formula is C17H16N4O3. The monoisotopic (exact) mass is 324 g/mol. The van der Waals surface area contributed by atoms with Gasteiger partial charge in [-0.15, -0.1) is 0 Å². The number of Topliss-reactive ketones (excluding diaryl/α,β-unsaturated/α-hetero) is 1. The average Bonchev–Trinajstić information content (AvgIpc) is 3.40. The summed E-state index contributed by atoms with van der Waals surface area (Å²) in [5.41, 5.74) is 1.06. The van der Waals surface area contributed by atoms with E-state index in [9.17, 15) is 14.4 Å². The first kappa shape index (κ1) is 15.8. The van der Waals surface area contributed by atoms with Crippen molar-refractivity contribution in [1.29, 1.82) is 0 Å². The van der Waals surface area contributed by atoms with Crippen molar-refractivity contribution in [3.63, 3.8) is 0 Å². The summed E-state index contributed by atoms with van der Waals surface area (Å²) < 4.78 is 0. The molecule has 7 heteroatoms. The Morgan fingerprint density at radius 1 is 1.12 bits per heavy atom. The quantitative estimate of drug-likeness (QED) is 0.822. The number of anilines is 2. The van der Waals surface area contributed by atoms with Crippen LogP contribution in [0.15, 0.2) is 36.8 Å². The Kier molecular flexibility index (Phi) is 4.33. The minimum absolute atomic E-state index is 0.0535. The molecule has 1 aliphatic carbocycles. The summed E-state index contributed by atoms with van der Waals surface area (Å²) in [5.74, 6) is -0.267. The van der Waals surface area contributed by atoms with Gasteiger partial charge >= 0.3 is 0 Å². The maximum Gasteiger partial charge on any atom is 0.255 e. The van der Waals surface area contributed by atoms with Crippen molar-refractivity contribution in [2.45, 2.75) is 19.8 Å². The van der Waals surface area contributed by atoms with Crippen LogP contribution >= 0.6 is 0 Å². The van der Waals surface area contributed by atoms with Gasteiger partial charge in [-0.1, -0.05) is 0 Å². The molecular weight excluding hydrogens is 308 g/mol. The van der Waals surface area contributed by atoms with E-state index in [-0.39, 0.29) is 17.6 Å². The maximum atomic E-state index is 12.4. The molecule has 0 aliphatic heterocycles. The van der Waals surface area contributed by atoms with Gasteiger partial charge in [0.15, 0.2) is 5.78 Å². The highest BCUT2D eigenvalue weighted by Gasteiger charge is 2.29. The number of nitrogens with zero attached hydrogens (tertiary/aromatic N) is 2. The van der Waals surface area contributed by atoms with E-state index in [2.05, 4.69) is 20.6 Å². The fourth-order valence-corrected chi connectivity index (χ4v) is 2.21. The normalized spacial score (nSPS) is 13.2. The van der Waals surface area contributed by atoms with Crippen molar-refractivity contribution in [2.75, 3.05) is 10.6 Å². The molecule has 0 atom stereocenters. The Morgan fingerprint density at radius 3 is 2.62 bits per heavy atom. The molecule has 2 amide bonds. The van der Waals surface area contributed by atoms with E-state index < -0.39 is 5.91 Å². The third-order valence-electron chi connectivity index (χ3n) is 3.67. The third kappa shape index (κ3) is 3.62. The molecule has 0 aromatic carbocycles. The first-order chi connectivity index (χ1) is 11.5. The second-order valence-electron chi connectivity index (χ2n) is 5.62. The Balaban J connectivity index is 1.75. The number of amides is 2. The summed E-state index contributed by atoms with van der Waals surface area (Å²) in [6, 6.07) is 4.58. The first-order valence-corrected chi connectivity index (χ1v) is 7.58. The van der Waals surface area contributed by atoms with Crippen molar-refractivity contribution in [1.82, 2.24) is 9.97 Å². The summed E-state index contributed by atoms with van der Waals surface area (Å²) in [4.78, 5) is 43.7. The minimum atomic E-state index is -0.408. The van der Waals surface area contributed by atoms with E-state index in [1.807, 2.05) is 0 Å². The molecule has 1 aliphatic rings. The van der Waals surface area contributed by atoms with Gasteiger partial charge in [0.05, 0.1) is 11.9 Å². The molecule has 1 saturated carbocycles. The maximum absolute atomic E-state index is 12.4. The number of hydrogen-bond donors (Lipinski definition) is 2. The van der Waals surface area contributed by atoms with Crippen molar-refractivity contribution in [3.05, 3.63) is 47.9 Å². The zero-order valence-corrected chi connectivity index (χ0v) is 13.1. The molecule has 0 spiro atoms. The number of carbonyl (C=O) groups excluding carboxylic acids is 3. The van der Waals surface area contributed by atoms with Gasteiger partial charge in [-0.25, -0.2) is 4.98 Å². The van der Waals surface area contributed by atoms with E-state index in [4.69, 9.17) is 0 Å². The first-order valence-electron chi connectivity index (χ1n) is 7.58. The molecule has 2 heterocycles. The molecule has 1 fully saturated rings. The van der Waals surface area contributed by atoms with Crippen LogP contribution < -0.4 is 10.6 Å². The van der Waals surface area contributed by atoms with Gasteiger partial charge in [0, 0.05) is 29.4 Å². The standard InChI is InChI=1S/C17H16N4O3/c1-10(22)13-5-6-18-9-14(13)20-17(24)12-4-7-19-15(8-12)21-16(23)11-2-3-11/h4-9,11H,2-3H2,1H3,(H,20,24)(H,19,21,23). The number of hydrogen-bond acceptors (Lipinski definition) is 5. The van der Waals surface area contributed by atoms with Crippen LogP contribution in [0.3, 0.4) is 0 Å². The second-order valence-corrected chi connectivity index (χ2v) is 5.62. The molecule has 2 aromatic heterocycles. The zero-order valence-electron chi connectivity index (χ0n) is 13.1. The Labute approximate surface area is 138 Å². The Morgan fingerprint density at radius 2 is 1.92 bits per heavy atom. The predicted molar refractivity (Wildman–Crippen MR) is 87.8 cm³/mol. The van der Waals surface area contributed by atoms with Gasteiger partial charge in [0.1, 0.15) is 5.82 Å². The van der Waals surface area contributed by atoms with Crippen LogP contribution in [0.4, 0.5) is 11.5 Å². The van der Waals surface area contributed by atoms with Gasteiger partial charge in [-0.05, 0) is 38.0 Å². The van der Waals surface area contributed by atoms with Crippen LogP contribution in [-0.4, -0.2) is 27.6 Å². The van der Waals surface area contributed by atoms with E-state index in [0.717, 1.165) is 12.8 Å². The topological polar surface area (TPSA) is 101 Å². The molecule has 0 saturated heterocycles. The van der Waals surface area contributed by atoms with Crippen molar-refractivity contribution >= 4 is 29.1 Å². The lowest BCUT2D eigenvalue weighted by Gasteiger charge is -2.09. The van der Waals surface area contributed by atoms with Crippen molar-refractivity contribution in [3.8, 4) is 0 Å².